The highest BCUT2D eigenvalue weighted by Crippen LogP contribution is 2.19. The van der Waals surface area contributed by atoms with Gasteiger partial charge in [0.15, 0.2) is 0 Å². The Labute approximate surface area is 117 Å². The molecule has 20 heavy (non-hydrogen) atoms. The lowest BCUT2D eigenvalue weighted by molar-refractivity contribution is 0.0953. The molecule has 0 atom stereocenters. The van der Waals surface area contributed by atoms with E-state index in [1.165, 1.54) is 12.1 Å². The Hall–Kier alpha value is -2.36. The van der Waals surface area contributed by atoms with E-state index in [9.17, 15) is 14.3 Å². The van der Waals surface area contributed by atoms with Crippen molar-refractivity contribution in [2.45, 2.75) is 13.3 Å². The number of hydrogen-bond donors (Lipinski definition) is 2. The Bertz CT molecular complexity index is 626. The maximum atomic E-state index is 13.4. The highest BCUT2D eigenvalue weighted by atomic mass is 19.1. The van der Waals surface area contributed by atoms with Crippen LogP contribution in [-0.4, -0.2) is 17.6 Å². The van der Waals surface area contributed by atoms with Gasteiger partial charge in [0.05, 0.1) is 0 Å². The van der Waals surface area contributed by atoms with Crippen molar-refractivity contribution in [1.29, 1.82) is 0 Å². The van der Waals surface area contributed by atoms with Crippen LogP contribution in [0, 0.1) is 12.7 Å². The summed E-state index contributed by atoms with van der Waals surface area (Å²) >= 11 is 0. The third-order valence-electron chi connectivity index (χ3n) is 3.19. The molecule has 0 radical (unpaired) electrons. The zero-order valence-electron chi connectivity index (χ0n) is 11.2. The first-order valence-electron chi connectivity index (χ1n) is 6.40. The molecule has 4 heteroatoms. The number of carbonyl (C=O) groups excluding carboxylic acids is 1. The van der Waals surface area contributed by atoms with Crippen molar-refractivity contribution >= 4 is 5.91 Å². The number of aromatic hydroxyl groups is 1. The van der Waals surface area contributed by atoms with Crippen LogP contribution in [0.1, 0.15) is 21.5 Å². The van der Waals surface area contributed by atoms with Crippen LogP contribution in [0.5, 0.6) is 5.75 Å². The number of nitrogens with one attached hydrogen (secondary N) is 1. The summed E-state index contributed by atoms with van der Waals surface area (Å²) in [6, 6.07) is 11.3. The van der Waals surface area contributed by atoms with Gasteiger partial charge in [0.1, 0.15) is 11.6 Å². The SMILES string of the molecule is Cc1c(O)cccc1C(=O)NCCc1ccccc1F. The van der Waals surface area contributed by atoms with Crippen molar-refractivity contribution in [3.05, 3.63) is 65.0 Å². The van der Waals surface area contributed by atoms with Crippen molar-refractivity contribution in [3.63, 3.8) is 0 Å². The summed E-state index contributed by atoms with van der Waals surface area (Å²) in [5, 5.41) is 12.3. The number of benzene rings is 2. The van der Waals surface area contributed by atoms with Gasteiger partial charge in [-0.05, 0) is 37.1 Å². The average Bonchev–Trinajstić information content (AvgIpc) is 2.44. The lowest BCUT2D eigenvalue weighted by Gasteiger charge is -2.09. The van der Waals surface area contributed by atoms with Crippen LogP contribution >= 0.6 is 0 Å². The van der Waals surface area contributed by atoms with Gasteiger partial charge in [-0.25, -0.2) is 4.39 Å². The lowest BCUT2D eigenvalue weighted by Crippen LogP contribution is -2.26. The van der Waals surface area contributed by atoms with E-state index in [4.69, 9.17) is 0 Å². The molecule has 0 unspecified atom stereocenters. The first kappa shape index (κ1) is 14.1. The molecule has 2 N–H and O–H groups in total. The van der Waals surface area contributed by atoms with Gasteiger partial charge in [0.25, 0.3) is 5.91 Å². The van der Waals surface area contributed by atoms with E-state index >= 15 is 0 Å². The van der Waals surface area contributed by atoms with E-state index in [1.54, 1.807) is 37.3 Å². The molecule has 3 nitrogen and oxygen atoms in total. The largest absolute Gasteiger partial charge is 0.508 e. The highest BCUT2D eigenvalue weighted by molar-refractivity contribution is 5.96. The molecule has 0 saturated heterocycles. The Morgan fingerprint density at radius 1 is 1.20 bits per heavy atom. The summed E-state index contributed by atoms with van der Waals surface area (Å²) in [5.74, 6) is -0.447. The van der Waals surface area contributed by atoms with Crippen LogP contribution in [0.25, 0.3) is 0 Å². The molecule has 0 aromatic heterocycles. The van der Waals surface area contributed by atoms with Crippen molar-refractivity contribution in [3.8, 4) is 5.75 Å². The molecule has 0 bridgehead atoms. The molecule has 0 aliphatic rings. The molecule has 0 spiro atoms. The van der Waals surface area contributed by atoms with Crippen molar-refractivity contribution < 1.29 is 14.3 Å². The van der Waals surface area contributed by atoms with Crippen LogP contribution in [0.2, 0.25) is 0 Å². The standard InChI is InChI=1S/C16H16FNO2/c1-11-13(6-4-8-15(11)19)16(20)18-10-9-12-5-2-3-7-14(12)17/h2-8,19H,9-10H2,1H3,(H,18,20). The number of amides is 1. The van der Waals surface area contributed by atoms with E-state index in [1.807, 2.05) is 0 Å². The Morgan fingerprint density at radius 3 is 2.70 bits per heavy atom. The topological polar surface area (TPSA) is 49.3 Å². The molecular weight excluding hydrogens is 257 g/mol. The fourth-order valence-electron chi connectivity index (χ4n) is 1.98. The first-order chi connectivity index (χ1) is 9.59. The zero-order chi connectivity index (χ0) is 14.5. The third kappa shape index (κ3) is 3.15. The monoisotopic (exact) mass is 273 g/mol. The number of carbonyl (C=O) groups is 1. The molecule has 0 saturated carbocycles. The van der Waals surface area contributed by atoms with E-state index in [-0.39, 0.29) is 17.5 Å². The number of hydrogen-bond acceptors (Lipinski definition) is 2. The van der Waals surface area contributed by atoms with Crippen LogP contribution in [-0.2, 0) is 6.42 Å². The second kappa shape index (κ2) is 6.19. The van der Waals surface area contributed by atoms with Crippen molar-refractivity contribution in [2.75, 3.05) is 6.54 Å². The molecule has 0 aliphatic carbocycles. The first-order valence-corrected chi connectivity index (χ1v) is 6.40. The summed E-state index contributed by atoms with van der Waals surface area (Å²) in [4.78, 5) is 12.0. The smallest absolute Gasteiger partial charge is 0.251 e. The third-order valence-corrected chi connectivity index (χ3v) is 3.19. The molecule has 0 aliphatic heterocycles. The van der Waals surface area contributed by atoms with Crippen molar-refractivity contribution in [2.24, 2.45) is 0 Å². The second-order valence-corrected chi connectivity index (χ2v) is 4.55. The predicted molar refractivity (Wildman–Crippen MR) is 75.3 cm³/mol. The van der Waals surface area contributed by atoms with Crippen LogP contribution in [0.3, 0.4) is 0 Å². The van der Waals surface area contributed by atoms with Gasteiger partial charge in [-0.2, -0.15) is 0 Å². The van der Waals surface area contributed by atoms with Gasteiger partial charge in [-0.15, -0.1) is 0 Å². The van der Waals surface area contributed by atoms with E-state index in [0.29, 0.717) is 29.7 Å². The minimum Gasteiger partial charge on any atom is -0.508 e. The maximum absolute atomic E-state index is 13.4. The van der Waals surface area contributed by atoms with Gasteiger partial charge >= 0.3 is 0 Å². The summed E-state index contributed by atoms with van der Waals surface area (Å²) in [5.41, 5.74) is 1.54. The van der Waals surface area contributed by atoms with E-state index in [0.717, 1.165) is 0 Å². The predicted octanol–water partition coefficient (Wildman–Crippen LogP) is 2.81. The fourth-order valence-corrected chi connectivity index (χ4v) is 1.98. The molecule has 104 valence electrons. The molecule has 2 aromatic rings. The number of phenols is 1. The Kier molecular flexibility index (Phi) is 4.35. The molecule has 0 heterocycles. The normalized spacial score (nSPS) is 10.3. The summed E-state index contributed by atoms with van der Waals surface area (Å²) in [6.45, 7) is 2.02. The quantitative estimate of drug-likeness (QED) is 0.900. The van der Waals surface area contributed by atoms with Gasteiger partial charge in [-0.3, -0.25) is 4.79 Å². The second-order valence-electron chi connectivity index (χ2n) is 4.55. The van der Waals surface area contributed by atoms with Gasteiger partial charge < -0.3 is 10.4 Å². The zero-order valence-corrected chi connectivity index (χ0v) is 11.2. The Morgan fingerprint density at radius 2 is 1.95 bits per heavy atom. The average molecular weight is 273 g/mol. The van der Waals surface area contributed by atoms with Crippen molar-refractivity contribution in [1.82, 2.24) is 5.32 Å². The minimum atomic E-state index is -0.269. The van der Waals surface area contributed by atoms with E-state index in [2.05, 4.69) is 5.32 Å². The number of halogens is 1. The number of rotatable bonds is 4. The molecule has 1 amide bonds. The minimum absolute atomic E-state index is 0.0896. The van der Waals surface area contributed by atoms with Crippen LogP contribution in [0.4, 0.5) is 4.39 Å². The molecule has 0 fully saturated rings. The maximum Gasteiger partial charge on any atom is 0.251 e. The summed E-state index contributed by atoms with van der Waals surface area (Å²) in [6.07, 6.45) is 0.427. The van der Waals surface area contributed by atoms with Crippen LogP contribution in [0.15, 0.2) is 42.5 Å². The molecule has 2 aromatic carbocycles. The summed E-state index contributed by atoms with van der Waals surface area (Å²) in [7, 11) is 0. The van der Waals surface area contributed by atoms with Crippen LogP contribution < -0.4 is 5.32 Å². The molecular formula is C16H16FNO2. The fraction of sp³-hybridized carbons (Fsp3) is 0.188. The number of phenolic OH excluding ortho intramolecular Hbond substituents is 1. The Balaban J connectivity index is 1.96. The van der Waals surface area contributed by atoms with E-state index < -0.39 is 0 Å². The lowest BCUT2D eigenvalue weighted by atomic mass is 10.1. The van der Waals surface area contributed by atoms with Gasteiger partial charge in [0, 0.05) is 17.7 Å². The highest BCUT2D eigenvalue weighted by Gasteiger charge is 2.11. The molecule has 2 rings (SSSR count). The van der Waals surface area contributed by atoms with Gasteiger partial charge in [-0.1, -0.05) is 24.3 Å². The summed E-state index contributed by atoms with van der Waals surface area (Å²) < 4.78 is 13.4. The van der Waals surface area contributed by atoms with Gasteiger partial charge in [0.2, 0.25) is 0 Å².